The second-order valence-electron chi connectivity index (χ2n) is 2.93. The first kappa shape index (κ1) is 17.0. The predicted octanol–water partition coefficient (Wildman–Crippen LogP) is 4.89. The molecule has 0 aliphatic heterocycles. The maximum Gasteiger partial charge on any atom is 0.0693 e. The van der Waals surface area contributed by atoms with Crippen molar-refractivity contribution in [3.8, 4) is 0 Å². The van der Waals surface area contributed by atoms with Crippen LogP contribution in [0.25, 0.3) is 0 Å². The van der Waals surface area contributed by atoms with Crippen molar-refractivity contribution in [2.24, 2.45) is 0 Å². The molecule has 0 saturated heterocycles. The average molecular weight is 355 g/mol. The van der Waals surface area contributed by atoms with Crippen LogP contribution in [0.2, 0.25) is 0 Å². The summed E-state index contributed by atoms with van der Waals surface area (Å²) >= 11 is 40.3. The van der Waals surface area contributed by atoms with Gasteiger partial charge in [-0.15, -0.1) is 81.2 Å². The normalized spacial score (nSPS) is 45.6. The Bertz CT molecular complexity index is 118. The lowest BCUT2D eigenvalue weighted by Crippen LogP contribution is -2.52. The van der Waals surface area contributed by atoms with Gasteiger partial charge in [0.15, 0.2) is 0 Å². The van der Waals surface area contributed by atoms with E-state index in [4.69, 9.17) is 81.2 Å². The molecule has 0 aromatic rings. The molecule has 1 saturated carbocycles. The van der Waals surface area contributed by atoms with E-state index >= 15 is 0 Å². The van der Waals surface area contributed by atoms with Crippen molar-refractivity contribution in [2.75, 3.05) is 5.88 Å². The van der Waals surface area contributed by atoms with Gasteiger partial charge < -0.3 is 0 Å². The molecule has 1 aliphatic carbocycles. The number of hydrogen-bond acceptors (Lipinski definition) is 0. The zero-order valence-corrected chi connectivity index (χ0v) is 13.1. The summed E-state index contributed by atoms with van der Waals surface area (Å²) in [5.41, 5.74) is 0. The molecular weight excluding hydrogens is 344 g/mol. The van der Waals surface area contributed by atoms with Crippen molar-refractivity contribution in [1.82, 2.24) is 0 Å². The minimum Gasteiger partial charge on any atom is -0.127 e. The van der Waals surface area contributed by atoms with Crippen LogP contribution < -0.4 is 0 Å². The number of halogens is 7. The summed E-state index contributed by atoms with van der Waals surface area (Å²) in [5.74, 6) is 0.722. The van der Waals surface area contributed by atoms with Crippen molar-refractivity contribution < 1.29 is 0 Å². The third-order valence-electron chi connectivity index (χ3n) is 1.83. The van der Waals surface area contributed by atoms with Gasteiger partial charge in [0.2, 0.25) is 0 Å². The lowest BCUT2D eigenvalue weighted by atomic mass is 9.97. The Morgan fingerprint density at radius 3 is 0.733 bits per heavy atom. The van der Waals surface area contributed by atoms with E-state index in [9.17, 15) is 0 Å². The summed E-state index contributed by atoms with van der Waals surface area (Å²) in [7, 11) is 0. The quantitative estimate of drug-likeness (QED) is 0.543. The minimum atomic E-state index is -0.437. The standard InChI is InChI=1S/C6H6Cl6.C2H5Cl/c7-1-2(8)4(10)6(12)5(11)3(1)9;1-2-3/h1-6H;2H2,1H3. The van der Waals surface area contributed by atoms with E-state index < -0.39 is 32.3 Å². The maximum absolute atomic E-state index is 5.88. The van der Waals surface area contributed by atoms with Gasteiger partial charge in [0.05, 0.1) is 32.3 Å². The van der Waals surface area contributed by atoms with E-state index in [1.54, 1.807) is 0 Å². The highest BCUT2D eigenvalue weighted by molar-refractivity contribution is 6.45. The molecule has 0 nitrogen and oxygen atoms in total. The summed E-state index contributed by atoms with van der Waals surface area (Å²) in [6.45, 7) is 1.89. The molecule has 0 spiro atoms. The topological polar surface area (TPSA) is 0 Å². The van der Waals surface area contributed by atoms with Gasteiger partial charge in [-0.1, -0.05) is 6.92 Å². The molecule has 0 radical (unpaired) electrons. The average Bonchev–Trinajstić information content (AvgIpc) is 2.22. The van der Waals surface area contributed by atoms with Gasteiger partial charge in [-0.3, -0.25) is 0 Å². The molecule has 1 aliphatic rings. The van der Waals surface area contributed by atoms with Crippen LogP contribution >= 0.6 is 81.2 Å². The van der Waals surface area contributed by atoms with E-state index in [0.717, 1.165) is 5.88 Å². The van der Waals surface area contributed by atoms with E-state index in [1.165, 1.54) is 0 Å². The van der Waals surface area contributed by atoms with Crippen molar-refractivity contribution in [1.29, 1.82) is 0 Å². The van der Waals surface area contributed by atoms with Crippen molar-refractivity contribution in [2.45, 2.75) is 39.2 Å². The third-order valence-corrected chi connectivity index (χ3v) is 5.86. The molecule has 1 rings (SSSR count). The second kappa shape index (κ2) is 8.19. The zero-order valence-electron chi connectivity index (χ0n) is 7.82. The van der Waals surface area contributed by atoms with Crippen LogP contribution in [-0.2, 0) is 0 Å². The van der Waals surface area contributed by atoms with Crippen molar-refractivity contribution in [3.63, 3.8) is 0 Å². The predicted molar refractivity (Wildman–Crippen MR) is 74.2 cm³/mol. The van der Waals surface area contributed by atoms with Gasteiger partial charge in [0.25, 0.3) is 0 Å². The van der Waals surface area contributed by atoms with Gasteiger partial charge >= 0.3 is 0 Å². The monoisotopic (exact) mass is 352 g/mol. The van der Waals surface area contributed by atoms with E-state index in [0.29, 0.717) is 0 Å². The van der Waals surface area contributed by atoms with Crippen LogP contribution in [0.1, 0.15) is 6.92 Å². The van der Waals surface area contributed by atoms with Gasteiger partial charge in [-0.2, -0.15) is 0 Å². The van der Waals surface area contributed by atoms with Gasteiger partial charge in [-0.25, -0.2) is 0 Å². The Balaban J connectivity index is 0.000000583. The first-order chi connectivity index (χ1) is 6.88. The molecule has 0 amide bonds. The third kappa shape index (κ3) is 4.66. The van der Waals surface area contributed by atoms with Crippen LogP contribution in [0.4, 0.5) is 0 Å². The molecule has 0 atom stereocenters. The Morgan fingerprint density at radius 1 is 0.600 bits per heavy atom. The highest BCUT2D eigenvalue weighted by Gasteiger charge is 2.46. The fourth-order valence-corrected chi connectivity index (χ4v) is 3.38. The first-order valence-corrected chi connectivity index (χ1v) is 7.44. The summed E-state index contributed by atoms with van der Waals surface area (Å²) in [6, 6.07) is 0. The molecule has 15 heavy (non-hydrogen) atoms. The molecule has 0 bridgehead atoms. The van der Waals surface area contributed by atoms with Crippen LogP contribution in [-0.4, -0.2) is 38.1 Å². The molecule has 7 heteroatoms. The molecule has 0 unspecified atom stereocenters. The Kier molecular flexibility index (Phi) is 9.30. The van der Waals surface area contributed by atoms with Gasteiger partial charge in [0, 0.05) is 5.88 Å². The SMILES string of the molecule is CCCl.ClC1C(Cl)C(Cl)C(Cl)C(Cl)C1Cl. The lowest BCUT2D eigenvalue weighted by Gasteiger charge is -2.37. The summed E-state index contributed by atoms with van der Waals surface area (Å²) in [4.78, 5) is 0. The van der Waals surface area contributed by atoms with E-state index in [-0.39, 0.29) is 0 Å². The summed E-state index contributed by atoms with van der Waals surface area (Å²) in [5, 5.41) is -2.62. The fourth-order valence-electron chi connectivity index (χ4n) is 1.05. The molecule has 0 aromatic carbocycles. The minimum absolute atomic E-state index is 0.437. The zero-order chi connectivity index (χ0) is 12.2. The molecule has 0 heterocycles. The summed E-state index contributed by atoms with van der Waals surface area (Å²) in [6.07, 6.45) is 0. The Labute approximate surface area is 125 Å². The first-order valence-electron chi connectivity index (χ1n) is 4.28. The Morgan fingerprint density at radius 2 is 0.667 bits per heavy atom. The molecular formula is C8H11Cl7. The highest BCUT2D eigenvalue weighted by atomic mass is 35.5. The number of alkyl halides is 7. The fraction of sp³-hybridized carbons (Fsp3) is 1.00. The van der Waals surface area contributed by atoms with Gasteiger partial charge in [0.1, 0.15) is 0 Å². The lowest BCUT2D eigenvalue weighted by molar-refractivity contribution is 0.544. The van der Waals surface area contributed by atoms with Crippen molar-refractivity contribution >= 4 is 81.2 Å². The Hall–Kier alpha value is 2.03. The molecule has 92 valence electrons. The van der Waals surface area contributed by atoms with E-state index in [2.05, 4.69) is 0 Å². The highest BCUT2D eigenvalue weighted by Crippen LogP contribution is 2.39. The van der Waals surface area contributed by atoms with Gasteiger partial charge in [-0.05, 0) is 0 Å². The molecule has 0 aromatic heterocycles. The van der Waals surface area contributed by atoms with Crippen molar-refractivity contribution in [3.05, 3.63) is 0 Å². The summed E-state index contributed by atoms with van der Waals surface area (Å²) < 4.78 is 0. The maximum atomic E-state index is 5.88. The van der Waals surface area contributed by atoms with Crippen LogP contribution in [0, 0.1) is 0 Å². The van der Waals surface area contributed by atoms with Crippen LogP contribution in [0.5, 0.6) is 0 Å². The smallest absolute Gasteiger partial charge is 0.0693 e. The second-order valence-corrected chi connectivity index (χ2v) is 6.49. The largest absolute Gasteiger partial charge is 0.127 e. The van der Waals surface area contributed by atoms with Crippen LogP contribution in [0.3, 0.4) is 0 Å². The molecule has 0 N–H and O–H groups in total. The molecule has 1 fully saturated rings. The van der Waals surface area contributed by atoms with Crippen LogP contribution in [0.15, 0.2) is 0 Å². The number of rotatable bonds is 0. The number of hydrogen-bond donors (Lipinski definition) is 0. The van der Waals surface area contributed by atoms with E-state index in [1.807, 2.05) is 6.92 Å².